The molecule has 0 amide bonds. The number of rotatable bonds is 3. The van der Waals surface area contributed by atoms with Gasteiger partial charge in [0.05, 0.1) is 0 Å². The summed E-state index contributed by atoms with van der Waals surface area (Å²) in [4.78, 5) is 7.07. The molecule has 1 aromatic carbocycles. The zero-order chi connectivity index (χ0) is 13.0. The summed E-state index contributed by atoms with van der Waals surface area (Å²) < 4.78 is 37.3. The highest BCUT2D eigenvalue weighted by Crippen LogP contribution is 2.19. The van der Waals surface area contributed by atoms with Crippen molar-refractivity contribution in [1.29, 1.82) is 0 Å². The van der Waals surface area contributed by atoms with Crippen LogP contribution in [-0.2, 0) is 9.84 Å². The van der Waals surface area contributed by atoms with E-state index >= 15 is 0 Å². The Morgan fingerprint density at radius 2 is 1.67 bits per heavy atom. The van der Waals surface area contributed by atoms with Gasteiger partial charge in [-0.3, -0.25) is 0 Å². The maximum atomic E-state index is 13.7. The fraction of sp³-hybridized carbons (Fsp3) is 0. The minimum atomic E-state index is -4.26. The van der Waals surface area contributed by atoms with Gasteiger partial charge in [0.2, 0.25) is 5.16 Å². The Hall–Kier alpha value is -2.08. The van der Waals surface area contributed by atoms with Crippen molar-refractivity contribution < 1.29 is 12.8 Å². The second kappa shape index (κ2) is 5.05. The van der Waals surface area contributed by atoms with Gasteiger partial charge in [0.15, 0.2) is 0 Å². The number of halogens is 1. The van der Waals surface area contributed by atoms with Gasteiger partial charge in [-0.05, 0) is 17.7 Å². The number of aromatic nitrogens is 2. The van der Waals surface area contributed by atoms with E-state index in [1.165, 1.54) is 18.5 Å². The second-order valence-electron chi connectivity index (χ2n) is 3.39. The molecule has 0 aliphatic heterocycles. The molecule has 0 aliphatic rings. The van der Waals surface area contributed by atoms with E-state index in [2.05, 4.69) is 9.97 Å². The van der Waals surface area contributed by atoms with E-state index in [1.54, 1.807) is 30.3 Å². The van der Waals surface area contributed by atoms with Crippen molar-refractivity contribution in [3.8, 4) is 0 Å². The summed E-state index contributed by atoms with van der Waals surface area (Å²) in [7, 11) is -4.26. The molecule has 18 heavy (non-hydrogen) atoms. The predicted molar refractivity (Wildman–Crippen MR) is 64.7 cm³/mol. The van der Waals surface area contributed by atoms with E-state index in [9.17, 15) is 12.8 Å². The summed E-state index contributed by atoms with van der Waals surface area (Å²) in [6.07, 6.45) is 3.43. The minimum Gasteiger partial charge on any atom is -0.226 e. The standard InChI is InChI=1S/C12H9FN2O2S/c13-11(9-10-5-2-1-3-6-10)18(16,17)12-14-7-4-8-15-12/h1-9H/b11-9-. The van der Waals surface area contributed by atoms with Crippen LogP contribution in [0.25, 0.3) is 6.08 Å². The average molecular weight is 264 g/mol. The number of hydrogen-bond donors (Lipinski definition) is 0. The van der Waals surface area contributed by atoms with Gasteiger partial charge >= 0.3 is 0 Å². The highest BCUT2D eigenvalue weighted by molar-refractivity contribution is 7.95. The molecular weight excluding hydrogens is 255 g/mol. The van der Waals surface area contributed by atoms with Crippen molar-refractivity contribution in [3.05, 3.63) is 59.5 Å². The van der Waals surface area contributed by atoms with Crippen LogP contribution in [-0.4, -0.2) is 18.4 Å². The summed E-state index contributed by atoms with van der Waals surface area (Å²) in [6.45, 7) is 0. The molecule has 0 atom stereocenters. The summed E-state index contributed by atoms with van der Waals surface area (Å²) in [5.41, 5.74) is 0.453. The van der Waals surface area contributed by atoms with Gasteiger partial charge < -0.3 is 0 Å². The van der Waals surface area contributed by atoms with Crippen LogP contribution in [0.3, 0.4) is 0 Å². The quantitative estimate of drug-likeness (QED) is 0.797. The van der Waals surface area contributed by atoms with Gasteiger partial charge in [-0.15, -0.1) is 0 Å². The molecule has 4 nitrogen and oxygen atoms in total. The van der Waals surface area contributed by atoms with E-state index in [1.807, 2.05) is 0 Å². The molecule has 0 saturated heterocycles. The third-order valence-corrected chi connectivity index (χ3v) is 3.44. The minimum absolute atomic E-state index is 0.453. The third kappa shape index (κ3) is 2.60. The van der Waals surface area contributed by atoms with E-state index < -0.39 is 20.2 Å². The lowest BCUT2D eigenvalue weighted by molar-refractivity contribution is 0.571. The number of nitrogens with zero attached hydrogens (tertiary/aromatic N) is 2. The zero-order valence-electron chi connectivity index (χ0n) is 9.19. The fourth-order valence-corrected chi connectivity index (χ4v) is 2.13. The first kappa shape index (κ1) is 12.4. The zero-order valence-corrected chi connectivity index (χ0v) is 10.0. The molecule has 0 spiro atoms. The molecule has 0 unspecified atom stereocenters. The second-order valence-corrected chi connectivity index (χ2v) is 5.16. The van der Waals surface area contributed by atoms with Crippen LogP contribution >= 0.6 is 0 Å². The van der Waals surface area contributed by atoms with Crippen molar-refractivity contribution >= 4 is 15.9 Å². The van der Waals surface area contributed by atoms with Crippen molar-refractivity contribution in [2.75, 3.05) is 0 Å². The summed E-state index contributed by atoms with van der Waals surface area (Å²) in [6, 6.07) is 9.78. The highest BCUT2D eigenvalue weighted by atomic mass is 32.2. The topological polar surface area (TPSA) is 59.9 Å². The van der Waals surface area contributed by atoms with E-state index in [0.29, 0.717) is 5.56 Å². The van der Waals surface area contributed by atoms with Crippen molar-refractivity contribution in [3.63, 3.8) is 0 Å². The van der Waals surface area contributed by atoms with Crippen LogP contribution < -0.4 is 0 Å². The first-order chi connectivity index (χ1) is 8.60. The lowest BCUT2D eigenvalue weighted by Gasteiger charge is -1.99. The Balaban J connectivity index is 2.40. The molecule has 0 aliphatic carbocycles. The molecule has 0 saturated carbocycles. The lowest BCUT2D eigenvalue weighted by atomic mass is 10.2. The van der Waals surface area contributed by atoms with E-state index in [-0.39, 0.29) is 0 Å². The van der Waals surface area contributed by atoms with Gasteiger partial charge in [0.25, 0.3) is 15.0 Å². The first-order valence-corrected chi connectivity index (χ1v) is 6.53. The van der Waals surface area contributed by atoms with Crippen LogP contribution in [0.1, 0.15) is 5.56 Å². The third-order valence-electron chi connectivity index (χ3n) is 2.12. The molecule has 1 heterocycles. The molecule has 92 valence electrons. The maximum Gasteiger partial charge on any atom is 0.268 e. The van der Waals surface area contributed by atoms with Crippen molar-refractivity contribution in [1.82, 2.24) is 9.97 Å². The Morgan fingerprint density at radius 1 is 1.06 bits per heavy atom. The Kier molecular flexibility index (Phi) is 3.47. The maximum absolute atomic E-state index is 13.7. The molecule has 0 radical (unpaired) electrons. The van der Waals surface area contributed by atoms with E-state index in [4.69, 9.17) is 0 Å². The largest absolute Gasteiger partial charge is 0.268 e. The molecule has 0 N–H and O–H groups in total. The number of benzene rings is 1. The smallest absolute Gasteiger partial charge is 0.226 e. The molecule has 2 aromatic rings. The van der Waals surface area contributed by atoms with Crippen LogP contribution in [0.15, 0.2) is 59.1 Å². The summed E-state index contributed by atoms with van der Waals surface area (Å²) >= 11 is 0. The van der Waals surface area contributed by atoms with Gasteiger partial charge in [-0.25, -0.2) is 18.4 Å². The Bertz CT molecular complexity index is 655. The lowest BCUT2D eigenvalue weighted by Crippen LogP contribution is -2.06. The molecule has 2 rings (SSSR count). The van der Waals surface area contributed by atoms with Crippen LogP contribution in [0.4, 0.5) is 4.39 Å². The van der Waals surface area contributed by atoms with Crippen molar-refractivity contribution in [2.45, 2.75) is 5.16 Å². The normalized spacial score (nSPS) is 12.4. The molecule has 6 heteroatoms. The van der Waals surface area contributed by atoms with Crippen LogP contribution in [0, 0.1) is 0 Å². The van der Waals surface area contributed by atoms with Gasteiger partial charge in [-0.2, -0.15) is 4.39 Å². The molecular formula is C12H9FN2O2S. The van der Waals surface area contributed by atoms with Crippen LogP contribution in [0.2, 0.25) is 0 Å². The predicted octanol–water partition coefficient (Wildman–Crippen LogP) is 2.22. The monoisotopic (exact) mass is 264 g/mol. The number of sulfone groups is 1. The molecule has 0 bridgehead atoms. The van der Waals surface area contributed by atoms with Crippen LogP contribution in [0.5, 0.6) is 0 Å². The average Bonchev–Trinajstić information content (AvgIpc) is 2.41. The van der Waals surface area contributed by atoms with Crippen molar-refractivity contribution in [2.24, 2.45) is 0 Å². The fourth-order valence-electron chi connectivity index (χ4n) is 1.27. The molecule has 0 fully saturated rings. The SMILES string of the molecule is O=S(=O)(/C(F)=C\c1ccccc1)c1ncccn1. The molecule has 1 aromatic heterocycles. The Morgan fingerprint density at radius 3 is 2.28 bits per heavy atom. The summed E-state index contributed by atoms with van der Waals surface area (Å²) in [5.74, 6) is 0. The first-order valence-electron chi connectivity index (χ1n) is 5.05. The highest BCUT2D eigenvalue weighted by Gasteiger charge is 2.23. The van der Waals surface area contributed by atoms with Gasteiger partial charge in [-0.1, -0.05) is 30.3 Å². The summed E-state index contributed by atoms with van der Waals surface area (Å²) in [5, 5.41) is -1.82. The van der Waals surface area contributed by atoms with Gasteiger partial charge in [0, 0.05) is 12.4 Å². The van der Waals surface area contributed by atoms with Gasteiger partial charge in [0.1, 0.15) is 0 Å². The van der Waals surface area contributed by atoms with E-state index in [0.717, 1.165) is 6.08 Å². The Labute approximate surface area is 104 Å². The number of hydrogen-bond acceptors (Lipinski definition) is 4.